The first-order valence-electron chi connectivity index (χ1n) is 11.6. The molecule has 12 heteroatoms. The summed E-state index contributed by atoms with van der Waals surface area (Å²) in [6, 6.07) is 9.50. The molecule has 0 radical (unpaired) electrons. The number of hydrogen-bond acceptors (Lipinski definition) is 9. The van der Waals surface area contributed by atoms with Gasteiger partial charge < -0.3 is 20.0 Å². The second kappa shape index (κ2) is 9.21. The molecule has 0 spiro atoms. The van der Waals surface area contributed by atoms with Gasteiger partial charge in [-0.15, -0.1) is 0 Å². The van der Waals surface area contributed by atoms with Crippen LogP contribution in [0, 0.1) is 6.92 Å². The summed E-state index contributed by atoms with van der Waals surface area (Å²) in [6.45, 7) is 6.22. The lowest BCUT2D eigenvalue weighted by atomic mass is 10.0. The van der Waals surface area contributed by atoms with Gasteiger partial charge >= 0.3 is 0 Å². The number of carbonyl (C=O) groups excluding carboxylic acids is 2. The Kier molecular flexibility index (Phi) is 5.92. The normalized spacial score (nSPS) is 16.2. The molecule has 1 fully saturated rings. The molecule has 2 N–H and O–H groups in total. The van der Waals surface area contributed by atoms with Crippen LogP contribution in [-0.2, 0) is 4.79 Å². The summed E-state index contributed by atoms with van der Waals surface area (Å²) in [5.41, 5.74) is 3.03. The number of carbonyl (C=O) groups is 2. The van der Waals surface area contributed by atoms with Crippen LogP contribution in [0.25, 0.3) is 16.6 Å². The van der Waals surface area contributed by atoms with Crippen molar-refractivity contribution in [1.29, 1.82) is 0 Å². The van der Waals surface area contributed by atoms with E-state index < -0.39 is 11.7 Å². The van der Waals surface area contributed by atoms with E-state index in [0.717, 1.165) is 11.3 Å². The predicted molar refractivity (Wildman–Crippen MR) is 131 cm³/mol. The number of pyridine rings is 1. The monoisotopic (exact) mass is 487 g/mol. The number of Topliss-reactive ketones (excluding diaryl/α,β-unsaturated/α-hetero) is 1. The third kappa shape index (κ3) is 3.67. The molecule has 1 aliphatic heterocycles. The Balaban J connectivity index is 1.46. The Morgan fingerprint density at radius 2 is 2.00 bits per heavy atom. The zero-order valence-corrected chi connectivity index (χ0v) is 20.1. The first kappa shape index (κ1) is 23.1. The fourth-order valence-electron chi connectivity index (χ4n) is 4.75. The average molecular weight is 488 g/mol. The zero-order chi connectivity index (χ0) is 25.4. The molecule has 1 atom stereocenters. The molecule has 1 amide bonds. The van der Waals surface area contributed by atoms with Crippen LogP contribution in [0.4, 0.5) is 5.95 Å². The highest BCUT2D eigenvalue weighted by Gasteiger charge is 2.40. The third-order valence-electron chi connectivity index (χ3n) is 6.47. The molecule has 4 heterocycles. The van der Waals surface area contributed by atoms with Gasteiger partial charge in [-0.25, -0.2) is 0 Å². The maximum atomic E-state index is 13.5. The van der Waals surface area contributed by atoms with Crippen LogP contribution in [0.3, 0.4) is 0 Å². The van der Waals surface area contributed by atoms with Crippen molar-refractivity contribution in [1.82, 2.24) is 35.1 Å². The maximum absolute atomic E-state index is 13.5. The SMILES string of the molecule is CCC1N(C(=O)C(=O)c2c[nH]c3c(/C(C)=N/O)ncc(C)c23)CCN1c1nnnn1-c1ccccc1. The minimum atomic E-state index is -0.622. The van der Waals surface area contributed by atoms with Crippen molar-refractivity contribution in [2.45, 2.75) is 33.4 Å². The minimum Gasteiger partial charge on any atom is -0.411 e. The van der Waals surface area contributed by atoms with E-state index in [1.165, 1.54) is 6.20 Å². The Morgan fingerprint density at radius 1 is 1.22 bits per heavy atom. The van der Waals surface area contributed by atoms with Gasteiger partial charge in [0.2, 0.25) is 0 Å². The van der Waals surface area contributed by atoms with E-state index in [4.69, 9.17) is 0 Å². The van der Waals surface area contributed by atoms with E-state index in [1.54, 1.807) is 22.7 Å². The second-order valence-electron chi connectivity index (χ2n) is 8.56. The number of aromatic amines is 1. The van der Waals surface area contributed by atoms with Gasteiger partial charge in [-0.05, 0) is 48.4 Å². The molecule has 0 aliphatic carbocycles. The number of amides is 1. The lowest BCUT2D eigenvalue weighted by Crippen LogP contribution is -2.45. The number of aryl methyl sites for hydroxylation is 1. The van der Waals surface area contributed by atoms with Gasteiger partial charge in [-0.1, -0.05) is 35.4 Å². The predicted octanol–water partition coefficient (Wildman–Crippen LogP) is 2.31. The van der Waals surface area contributed by atoms with Gasteiger partial charge in [-0.3, -0.25) is 14.6 Å². The van der Waals surface area contributed by atoms with E-state index in [-0.39, 0.29) is 11.7 Å². The number of nitrogens with zero attached hydrogens (tertiary/aromatic N) is 8. The molecule has 1 saturated heterocycles. The van der Waals surface area contributed by atoms with E-state index in [9.17, 15) is 14.8 Å². The number of fused-ring (bicyclic) bond motifs is 1. The first-order chi connectivity index (χ1) is 17.5. The maximum Gasteiger partial charge on any atom is 0.296 e. The summed E-state index contributed by atoms with van der Waals surface area (Å²) in [5, 5.41) is 25.2. The number of para-hydroxylation sites is 1. The van der Waals surface area contributed by atoms with Crippen molar-refractivity contribution in [3.8, 4) is 5.69 Å². The van der Waals surface area contributed by atoms with Crippen LogP contribution in [-0.4, -0.2) is 76.9 Å². The van der Waals surface area contributed by atoms with Gasteiger partial charge in [0.1, 0.15) is 17.6 Å². The Labute approximate surface area is 206 Å². The summed E-state index contributed by atoms with van der Waals surface area (Å²) in [6.07, 6.45) is 3.30. The number of hydrogen-bond donors (Lipinski definition) is 2. The van der Waals surface area contributed by atoms with Crippen molar-refractivity contribution in [3.63, 3.8) is 0 Å². The molecule has 36 heavy (non-hydrogen) atoms. The summed E-state index contributed by atoms with van der Waals surface area (Å²) < 4.78 is 1.63. The van der Waals surface area contributed by atoms with Crippen LogP contribution in [0.5, 0.6) is 0 Å². The van der Waals surface area contributed by atoms with Gasteiger partial charge in [0.15, 0.2) is 0 Å². The lowest BCUT2D eigenvalue weighted by molar-refractivity contribution is -0.127. The Hall–Kier alpha value is -4.61. The summed E-state index contributed by atoms with van der Waals surface area (Å²) >= 11 is 0. The lowest BCUT2D eigenvalue weighted by Gasteiger charge is -2.29. The number of H-pyrrole nitrogens is 1. The standard InChI is InChI=1S/C24H25N9O3/c1-4-18-31(10-11-32(18)24-27-29-30-33(24)16-8-6-5-7-9-16)23(35)22(34)17-13-26-21-19(17)14(2)12-25-20(21)15(3)28-36/h5-9,12-13,18,26,36H,4,10-11H2,1-3H3/b28-15+. The van der Waals surface area contributed by atoms with Gasteiger partial charge in [0.25, 0.3) is 17.6 Å². The molecule has 1 unspecified atom stereocenters. The summed E-state index contributed by atoms with van der Waals surface area (Å²) in [4.78, 5) is 37.9. The number of aromatic nitrogens is 6. The minimum absolute atomic E-state index is 0.254. The topological polar surface area (TPSA) is 145 Å². The van der Waals surface area contributed by atoms with E-state index in [0.29, 0.717) is 47.8 Å². The highest BCUT2D eigenvalue weighted by molar-refractivity contribution is 6.45. The van der Waals surface area contributed by atoms with Crippen LogP contribution >= 0.6 is 0 Å². The number of anilines is 1. The highest BCUT2D eigenvalue weighted by atomic mass is 16.4. The Bertz CT molecular complexity index is 1470. The van der Waals surface area contributed by atoms with Crippen LogP contribution in [0.15, 0.2) is 47.9 Å². The van der Waals surface area contributed by atoms with Crippen LogP contribution < -0.4 is 4.90 Å². The van der Waals surface area contributed by atoms with Crippen molar-refractivity contribution in [2.75, 3.05) is 18.0 Å². The van der Waals surface area contributed by atoms with Crippen molar-refractivity contribution in [2.24, 2.45) is 5.16 Å². The third-order valence-corrected chi connectivity index (χ3v) is 6.47. The van der Waals surface area contributed by atoms with Crippen molar-refractivity contribution < 1.29 is 14.8 Å². The molecule has 0 bridgehead atoms. The Morgan fingerprint density at radius 3 is 2.72 bits per heavy atom. The van der Waals surface area contributed by atoms with Crippen molar-refractivity contribution >= 4 is 34.3 Å². The molecule has 12 nitrogen and oxygen atoms in total. The van der Waals surface area contributed by atoms with E-state index >= 15 is 0 Å². The van der Waals surface area contributed by atoms with Gasteiger partial charge in [0, 0.05) is 30.9 Å². The smallest absolute Gasteiger partial charge is 0.296 e. The molecule has 4 aromatic rings. The van der Waals surface area contributed by atoms with Crippen LogP contribution in [0.2, 0.25) is 0 Å². The fourth-order valence-corrected chi connectivity index (χ4v) is 4.75. The number of benzene rings is 1. The molecular formula is C24H25N9O3. The first-order valence-corrected chi connectivity index (χ1v) is 11.6. The molecule has 0 saturated carbocycles. The summed E-state index contributed by atoms with van der Waals surface area (Å²) in [7, 11) is 0. The molecule has 5 rings (SSSR count). The van der Waals surface area contributed by atoms with Gasteiger partial charge in [0.05, 0.1) is 16.8 Å². The molecule has 1 aromatic carbocycles. The molecular weight excluding hydrogens is 462 g/mol. The van der Waals surface area contributed by atoms with Crippen LogP contribution in [0.1, 0.15) is 41.9 Å². The highest BCUT2D eigenvalue weighted by Crippen LogP contribution is 2.28. The largest absolute Gasteiger partial charge is 0.411 e. The molecule has 1 aliphatic rings. The fraction of sp³-hybridized carbons (Fsp3) is 0.292. The number of nitrogens with one attached hydrogen (secondary N) is 1. The van der Waals surface area contributed by atoms with E-state index in [1.807, 2.05) is 49.1 Å². The quantitative estimate of drug-likeness (QED) is 0.139. The van der Waals surface area contributed by atoms with E-state index in [2.05, 4.69) is 30.6 Å². The molecule has 184 valence electrons. The number of rotatable bonds is 6. The molecule has 3 aromatic heterocycles. The number of tetrazole rings is 1. The zero-order valence-electron chi connectivity index (χ0n) is 20.1. The number of oxime groups is 1. The second-order valence-corrected chi connectivity index (χ2v) is 8.56. The number of ketones is 1. The van der Waals surface area contributed by atoms with Gasteiger partial charge in [-0.2, -0.15) is 4.68 Å². The van der Waals surface area contributed by atoms with Crippen molar-refractivity contribution in [3.05, 3.63) is 59.5 Å². The average Bonchev–Trinajstić information content (AvgIpc) is 3.66. The summed E-state index contributed by atoms with van der Waals surface area (Å²) in [5.74, 6) is -0.717.